The van der Waals surface area contributed by atoms with Gasteiger partial charge in [-0.25, -0.2) is 0 Å². The Morgan fingerprint density at radius 3 is 2.67 bits per heavy atom. The van der Waals surface area contributed by atoms with Crippen LogP contribution in [-0.4, -0.2) is 63.3 Å². The fourth-order valence-corrected chi connectivity index (χ4v) is 4.44. The summed E-state index contributed by atoms with van der Waals surface area (Å²) in [4.78, 5) is 17.1. The summed E-state index contributed by atoms with van der Waals surface area (Å²) in [5, 5.41) is 16.3. The Hall–Kier alpha value is -3.00. The van der Waals surface area contributed by atoms with Gasteiger partial charge < -0.3 is 10.2 Å². The number of rotatable bonds is 10. The fraction of sp³-hybridized carbons (Fsp3) is 0.520. The van der Waals surface area contributed by atoms with Gasteiger partial charge in [0.2, 0.25) is 5.91 Å². The van der Waals surface area contributed by atoms with Crippen molar-refractivity contribution >= 4 is 17.4 Å². The van der Waals surface area contributed by atoms with Gasteiger partial charge in [-0.3, -0.25) is 9.69 Å². The van der Waals surface area contributed by atoms with Gasteiger partial charge in [0.15, 0.2) is 11.5 Å². The molecule has 3 heterocycles. The van der Waals surface area contributed by atoms with Crippen LogP contribution in [0, 0.1) is 12.8 Å². The van der Waals surface area contributed by atoms with E-state index in [-0.39, 0.29) is 5.91 Å². The van der Waals surface area contributed by atoms with E-state index in [1.54, 1.807) is 4.52 Å². The van der Waals surface area contributed by atoms with Gasteiger partial charge >= 0.3 is 0 Å². The molecule has 1 atom stereocenters. The first-order chi connectivity index (χ1) is 16.1. The van der Waals surface area contributed by atoms with Crippen LogP contribution in [0.25, 0.3) is 5.65 Å². The van der Waals surface area contributed by atoms with E-state index in [0.29, 0.717) is 24.4 Å². The SMILES string of the molecule is CCN(CC)c1ccc2nnc(CCC(=O)NC[C@H]3CCN(Cc4ccc(C)cc4)C3)n2n1. The number of anilines is 1. The van der Waals surface area contributed by atoms with Gasteiger partial charge in [-0.05, 0) is 57.4 Å². The molecule has 3 aromatic rings. The molecule has 0 aliphatic carbocycles. The van der Waals surface area contributed by atoms with Gasteiger partial charge in [-0.2, -0.15) is 4.52 Å². The van der Waals surface area contributed by atoms with Crippen molar-refractivity contribution in [1.82, 2.24) is 30.0 Å². The van der Waals surface area contributed by atoms with E-state index in [4.69, 9.17) is 5.10 Å². The van der Waals surface area contributed by atoms with Gasteiger partial charge in [-0.15, -0.1) is 15.3 Å². The molecule has 1 N–H and O–H groups in total. The van der Waals surface area contributed by atoms with E-state index in [1.807, 2.05) is 12.1 Å². The molecule has 1 aromatic carbocycles. The summed E-state index contributed by atoms with van der Waals surface area (Å²) in [6, 6.07) is 12.6. The number of hydrogen-bond acceptors (Lipinski definition) is 6. The molecule has 1 aliphatic rings. The lowest BCUT2D eigenvalue weighted by Crippen LogP contribution is -2.31. The minimum absolute atomic E-state index is 0.0589. The second kappa shape index (κ2) is 10.7. The molecule has 33 heavy (non-hydrogen) atoms. The zero-order valence-electron chi connectivity index (χ0n) is 20.0. The summed E-state index contributed by atoms with van der Waals surface area (Å²) in [5.41, 5.74) is 3.35. The Morgan fingerprint density at radius 2 is 1.91 bits per heavy atom. The van der Waals surface area contributed by atoms with Crippen LogP contribution < -0.4 is 10.2 Å². The number of nitrogens with one attached hydrogen (secondary N) is 1. The monoisotopic (exact) mass is 449 g/mol. The third kappa shape index (κ3) is 5.87. The maximum Gasteiger partial charge on any atom is 0.220 e. The van der Waals surface area contributed by atoms with Crippen molar-refractivity contribution in [3.05, 3.63) is 53.3 Å². The van der Waals surface area contributed by atoms with Crippen LogP contribution in [0.3, 0.4) is 0 Å². The smallest absolute Gasteiger partial charge is 0.220 e. The molecule has 176 valence electrons. The largest absolute Gasteiger partial charge is 0.356 e. The summed E-state index contributed by atoms with van der Waals surface area (Å²) in [6.45, 7) is 11.9. The highest BCUT2D eigenvalue weighted by atomic mass is 16.1. The molecular weight excluding hydrogens is 414 g/mol. The lowest BCUT2D eigenvalue weighted by molar-refractivity contribution is -0.121. The number of fused-ring (bicyclic) bond motifs is 1. The van der Waals surface area contributed by atoms with Gasteiger partial charge in [0.05, 0.1) is 0 Å². The average molecular weight is 450 g/mol. The molecular formula is C25H35N7O. The topological polar surface area (TPSA) is 78.7 Å². The molecule has 0 saturated carbocycles. The van der Waals surface area contributed by atoms with Crippen molar-refractivity contribution in [2.75, 3.05) is 37.6 Å². The van der Waals surface area contributed by atoms with E-state index in [9.17, 15) is 4.79 Å². The van der Waals surface area contributed by atoms with Crippen molar-refractivity contribution in [1.29, 1.82) is 0 Å². The van der Waals surface area contributed by atoms with E-state index >= 15 is 0 Å². The number of benzene rings is 1. The zero-order valence-corrected chi connectivity index (χ0v) is 20.0. The van der Waals surface area contributed by atoms with Gasteiger partial charge in [-0.1, -0.05) is 29.8 Å². The zero-order chi connectivity index (χ0) is 23.2. The molecule has 8 nitrogen and oxygen atoms in total. The van der Waals surface area contributed by atoms with E-state index in [1.165, 1.54) is 11.1 Å². The average Bonchev–Trinajstić information content (AvgIpc) is 3.45. The second-order valence-corrected chi connectivity index (χ2v) is 8.93. The molecule has 0 bridgehead atoms. The normalized spacial score (nSPS) is 16.4. The lowest BCUT2D eigenvalue weighted by Gasteiger charge is -2.19. The van der Waals surface area contributed by atoms with Crippen LogP contribution in [-0.2, 0) is 17.8 Å². The van der Waals surface area contributed by atoms with Crippen LogP contribution in [0.1, 0.15) is 43.6 Å². The highest BCUT2D eigenvalue weighted by Gasteiger charge is 2.23. The maximum atomic E-state index is 12.5. The lowest BCUT2D eigenvalue weighted by atomic mass is 10.1. The molecule has 2 aromatic heterocycles. The number of aryl methyl sites for hydroxylation is 2. The summed E-state index contributed by atoms with van der Waals surface area (Å²) in [6.07, 6.45) is 2.03. The number of amides is 1. The molecule has 0 spiro atoms. The van der Waals surface area contributed by atoms with Crippen molar-refractivity contribution in [2.24, 2.45) is 5.92 Å². The quantitative estimate of drug-likeness (QED) is 0.513. The van der Waals surface area contributed by atoms with Crippen LogP contribution in [0.15, 0.2) is 36.4 Å². The number of carbonyl (C=O) groups is 1. The number of carbonyl (C=O) groups excluding carboxylic acids is 1. The predicted octanol–water partition coefficient (Wildman–Crippen LogP) is 2.85. The van der Waals surface area contributed by atoms with Gasteiger partial charge in [0.25, 0.3) is 0 Å². The van der Waals surface area contributed by atoms with Crippen molar-refractivity contribution < 1.29 is 4.79 Å². The highest BCUT2D eigenvalue weighted by molar-refractivity contribution is 5.76. The minimum atomic E-state index is 0.0589. The fourth-order valence-electron chi connectivity index (χ4n) is 4.44. The molecule has 8 heteroatoms. The van der Waals surface area contributed by atoms with E-state index < -0.39 is 0 Å². The Balaban J connectivity index is 1.24. The molecule has 4 rings (SSSR count). The van der Waals surface area contributed by atoms with E-state index in [0.717, 1.165) is 57.3 Å². The number of hydrogen-bond donors (Lipinski definition) is 1. The van der Waals surface area contributed by atoms with Crippen molar-refractivity contribution in [2.45, 2.75) is 46.6 Å². The first-order valence-corrected chi connectivity index (χ1v) is 12.1. The van der Waals surface area contributed by atoms with Gasteiger partial charge in [0.1, 0.15) is 5.82 Å². The third-order valence-electron chi connectivity index (χ3n) is 6.46. The number of likely N-dealkylation sites (tertiary alicyclic amines) is 1. The summed E-state index contributed by atoms with van der Waals surface area (Å²) in [5.74, 6) is 2.18. The predicted molar refractivity (Wildman–Crippen MR) is 130 cm³/mol. The first kappa shape index (κ1) is 23.2. The highest BCUT2D eigenvalue weighted by Crippen LogP contribution is 2.18. The van der Waals surface area contributed by atoms with Crippen LogP contribution in [0.5, 0.6) is 0 Å². The summed E-state index contributed by atoms with van der Waals surface area (Å²) < 4.78 is 1.76. The maximum absolute atomic E-state index is 12.5. The summed E-state index contributed by atoms with van der Waals surface area (Å²) in [7, 11) is 0. The van der Waals surface area contributed by atoms with Gasteiger partial charge in [0, 0.05) is 45.6 Å². The van der Waals surface area contributed by atoms with Crippen LogP contribution >= 0.6 is 0 Å². The van der Waals surface area contributed by atoms with Crippen molar-refractivity contribution in [3.8, 4) is 0 Å². The Bertz CT molecular complexity index is 1060. The van der Waals surface area contributed by atoms with E-state index in [2.05, 4.69) is 70.4 Å². The van der Waals surface area contributed by atoms with Crippen LogP contribution in [0.2, 0.25) is 0 Å². The number of aromatic nitrogens is 4. The van der Waals surface area contributed by atoms with Crippen molar-refractivity contribution in [3.63, 3.8) is 0 Å². The Labute approximate surface area is 196 Å². The van der Waals surface area contributed by atoms with Crippen LogP contribution in [0.4, 0.5) is 5.82 Å². The third-order valence-corrected chi connectivity index (χ3v) is 6.46. The molecule has 0 radical (unpaired) electrons. The molecule has 1 aliphatic heterocycles. The molecule has 1 fully saturated rings. The molecule has 1 saturated heterocycles. The Morgan fingerprint density at radius 1 is 1.12 bits per heavy atom. The Kier molecular flexibility index (Phi) is 7.54. The standard InChI is InChI=1S/C25H35N7O/c1-4-31(5-2)24-11-10-22-27-28-23(32(22)29-24)12-13-25(33)26-16-21-14-15-30(18-21)17-20-8-6-19(3)7-9-20/h6-11,21H,4-5,12-18H2,1-3H3,(H,26,33)/t21-/m1/s1. The first-order valence-electron chi connectivity index (χ1n) is 12.1. The minimum Gasteiger partial charge on any atom is -0.356 e. The summed E-state index contributed by atoms with van der Waals surface area (Å²) >= 11 is 0. The second-order valence-electron chi connectivity index (χ2n) is 8.93. The molecule has 1 amide bonds. The number of nitrogens with zero attached hydrogens (tertiary/aromatic N) is 6. The molecule has 0 unspecified atom stereocenters.